The van der Waals surface area contributed by atoms with Crippen molar-refractivity contribution in [3.63, 3.8) is 0 Å². The van der Waals surface area contributed by atoms with Gasteiger partial charge in [0.05, 0.1) is 12.8 Å². The zero-order valence-corrected chi connectivity index (χ0v) is 11.0. The first-order chi connectivity index (χ1) is 7.83. The highest BCUT2D eigenvalue weighted by Gasteiger charge is 2.15. The standard InChI is InChI=1S/C12H21N3O2/c1-12(2,3)6-5-7-15-8-9(13)10(14-15)11(16)17-4/h8H,5-7,13H2,1-4H3. The second kappa shape index (κ2) is 5.21. The van der Waals surface area contributed by atoms with Crippen molar-refractivity contribution in [1.82, 2.24) is 9.78 Å². The number of hydrogen-bond acceptors (Lipinski definition) is 4. The number of hydrogen-bond donors (Lipinski definition) is 1. The first-order valence-corrected chi connectivity index (χ1v) is 5.75. The zero-order valence-electron chi connectivity index (χ0n) is 11.0. The molecule has 0 fully saturated rings. The molecule has 0 amide bonds. The summed E-state index contributed by atoms with van der Waals surface area (Å²) in [6.45, 7) is 7.36. The highest BCUT2D eigenvalue weighted by atomic mass is 16.5. The Morgan fingerprint density at radius 1 is 1.53 bits per heavy atom. The molecule has 0 aliphatic heterocycles. The normalized spacial score (nSPS) is 11.5. The minimum Gasteiger partial charge on any atom is -0.464 e. The summed E-state index contributed by atoms with van der Waals surface area (Å²) >= 11 is 0. The molecule has 17 heavy (non-hydrogen) atoms. The van der Waals surface area contributed by atoms with E-state index in [1.54, 1.807) is 10.9 Å². The van der Waals surface area contributed by atoms with Gasteiger partial charge in [-0.3, -0.25) is 4.68 Å². The number of nitrogens with zero attached hydrogens (tertiary/aromatic N) is 2. The molecule has 0 atom stereocenters. The Morgan fingerprint density at radius 2 is 2.18 bits per heavy atom. The number of aryl methyl sites for hydroxylation is 1. The van der Waals surface area contributed by atoms with E-state index in [4.69, 9.17) is 5.73 Å². The number of nitrogen functional groups attached to an aromatic ring is 1. The fraction of sp³-hybridized carbons (Fsp3) is 0.667. The molecule has 0 saturated heterocycles. The van der Waals surface area contributed by atoms with Crippen LogP contribution < -0.4 is 5.73 Å². The van der Waals surface area contributed by atoms with E-state index in [2.05, 4.69) is 30.6 Å². The number of methoxy groups -OCH3 is 1. The first-order valence-electron chi connectivity index (χ1n) is 5.75. The van der Waals surface area contributed by atoms with E-state index in [1.807, 2.05) is 0 Å². The molecular formula is C12H21N3O2. The van der Waals surface area contributed by atoms with Gasteiger partial charge in [0, 0.05) is 12.7 Å². The predicted octanol–water partition coefficient (Wildman–Crippen LogP) is 2.08. The van der Waals surface area contributed by atoms with Gasteiger partial charge in [-0.1, -0.05) is 20.8 Å². The number of nitrogens with two attached hydrogens (primary N) is 1. The molecule has 0 aromatic carbocycles. The molecular weight excluding hydrogens is 218 g/mol. The van der Waals surface area contributed by atoms with Crippen LogP contribution in [-0.4, -0.2) is 22.9 Å². The maximum atomic E-state index is 11.3. The molecule has 0 aliphatic rings. The quantitative estimate of drug-likeness (QED) is 0.817. The van der Waals surface area contributed by atoms with Gasteiger partial charge in [-0.25, -0.2) is 4.79 Å². The molecule has 0 aliphatic carbocycles. The van der Waals surface area contributed by atoms with Gasteiger partial charge in [-0.2, -0.15) is 5.10 Å². The van der Waals surface area contributed by atoms with Gasteiger partial charge in [0.2, 0.25) is 0 Å². The lowest BCUT2D eigenvalue weighted by Crippen LogP contribution is -2.09. The van der Waals surface area contributed by atoms with Crippen molar-refractivity contribution in [2.75, 3.05) is 12.8 Å². The Kier molecular flexibility index (Phi) is 4.15. The van der Waals surface area contributed by atoms with E-state index in [0.717, 1.165) is 19.4 Å². The third-order valence-corrected chi connectivity index (χ3v) is 2.48. The third-order valence-electron chi connectivity index (χ3n) is 2.48. The van der Waals surface area contributed by atoms with Crippen LogP contribution in [0.2, 0.25) is 0 Å². The molecule has 1 heterocycles. The van der Waals surface area contributed by atoms with E-state index < -0.39 is 5.97 Å². The lowest BCUT2D eigenvalue weighted by Gasteiger charge is -2.17. The second-order valence-corrected chi connectivity index (χ2v) is 5.35. The van der Waals surface area contributed by atoms with Crippen LogP contribution in [0, 0.1) is 5.41 Å². The van der Waals surface area contributed by atoms with Crippen LogP contribution >= 0.6 is 0 Å². The SMILES string of the molecule is COC(=O)c1nn(CCCC(C)(C)C)cc1N. The average Bonchev–Trinajstić information content (AvgIpc) is 2.57. The highest BCUT2D eigenvalue weighted by molar-refractivity contribution is 5.92. The molecule has 1 aromatic rings. The first kappa shape index (κ1) is 13.5. The van der Waals surface area contributed by atoms with Crippen LogP contribution in [-0.2, 0) is 11.3 Å². The Hall–Kier alpha value is -1.52. The summed E-state index contributed by atoms with van der Waals surface area (Å²) < 4.78 is 6.30. The molecule has 1 rings (SSSR count). The minimum absolute atomic E-state index is 0.197. The summed E-state index contributed by atoms with van der Waals surface area (Å²) in [6, 6.07) is 0. The van der Waals surface area contributed by atoms with Crippen LogP contribution in [0.5, 0.6) is 0 Å². The predicted molar refractivity (Wildman–Crippen MR) is 66.7 cm³/mol. The van der Waals surface area contributed by atoms with Crippen molar-refractivity contribution in [3.8, 4) is 0 Å². The maximum Gasteiger partial charge on any atom is 0.360 e. The third kappa shape index (κ3) is 4.09. The van der Waals surface area contributed by atoms with Crippen molar-refractivity contribution < 1.29 is 9.53 Å². The largest absolute Gasteiger partial charge is 0.464 e. The van der Waals surface area contributed by atoms with Crippen LogP contribution in [0.1, 0.15) is 44.1 Å². The van der Waals surface area contributed by atoms with Gasteiger partial charge in [-0.05, 0) is 18.3 Å². The molecule has 0 saturated carbocycles. The number of esters is 1. The van der Waals surface area contributed by atoms with E-state index >= 15 is 0 Å². The van der Waals surface area contributed by atoms with E-state index in [1.165, 1.54) is 7.11 Å². The van der Waals surface area contributed by atoms with Crippen molar-refractivity contribution in [1.29, 1.82) is 0 Å². The fourth-order valence-electron chi connectivity index (χ4n) is 1.58. The Balaban J connectivity index is 2.59. The Bertz CT molecular complexity index is 391. The second-order valence-electron chi connectivity index (χ2n) is 5.35. The molecule has 0 spiro atoms. The van der Waals surface area contributed by atoms with Crippen molar-refractivity contribution in [3.05, 3.63) is 11.9 Å². The zero-order chi connectivity index (χ0) is 13.1. The Morgan fingerprint density at radius 3 is 2.71 bits per heavy atom. The summed E-state index contributed by atoms with van der Waals surface area (Å²) in [7, 11) is 1.32. The van der Waals surface area contributed by atoms with Crippen molar-refractivity contribution >= 4 is 11.7 Å². The molecule has 5 heteroatoms. The van der Waals surface area contributed by atoms with Crippen molar-refractivity contribution in [2.45, 2.75) is 40.2 Å². The van der Waals surface area contributed by atoms with Crippen LogP contribution in [0.15, 0.2) is 6.20 Å². The van der Waals surface area contributed by atoms with Crippen LogP contribution in [0.3, 0.4) is 0 Å². The van der Waals surface area contributed by atoms with Crippen molar-refractivity contribution in [2.24, 2.45) is 5.41 Å². The average molecular weight is 239 g/mol. The fourth-order valence-corrected chi connectivity index (χ4v) is 1.58. The number of anilines is 1. The molecule has 96 valence electrons. The van der Waals surface area contributed by atoms with Gasteiger partial charge < -0.3 is 10.5 Å². The van der Waals surface area contributed by atoms with Crippen LogP contribution in [0.25, 0.3) is 0 Å². The molecule has 2 N–H and O–H groups in total. The lowest BCUT2D eigenvalue weighted by molar-refractivity contribution is 0.0594. The molecule has 0 radical (unpaired) electrons. The van der Waals surface area contributed by atoms with Gasteiger partial charge in [0.15, 0.2) is 5.69 Å². The lowest BCUT2D eigenvalue weighted by atomic mass is 9.91. The molecule has 1 aromatic heterocycles. The summed E-state index contributed by atoms with van der Waals surface area (Å²) in [5.41, 5.74) is 6.57. The summed E-state index contributed by atoms with van der Waals surface area (Å²) in [5, 5.41) is 4.12. The summed E-state index contributed by atoms with van der Waals surface area (Å²) in [4.78, 5) is 11.3. The Labute approximate surface area is 102 Å². The van der Waals surface area contributed by atoms with Crippen LogP contribution in [0.4, 0.5) is 5.69 Å². The van der Waals surface area contributed by atoms with Gasteiger partial charge in [-0.15, -0.1) is 0 Å². The minimum atomic E-state index is -0.489. The van der Waals surface area contributed by atoms with E-state index in [-0.39, 0.29) is 5.69 Å². The van der Waals surface area contributed by atoms with Gasteiger partial charge >= 0.3 is 5.97 Å². The maximum absolute atomic E-state index is 11.3. The highest BCUT2D eigenvalue weighted by Crippen LogP contribution is 2.21. The summed E-state index contributed by atoms with van der Waals surface area (Å²) in [6.07, 6.45) is 3.78. The molecule has 0 unspecified atom stereocenters. The molecule has 0 bridgehead atoms. The van der Waals surface area contributed by atoms with E-state index in [9.17, 15) is 4.79 Å². The molecule has 5 nitrogen and oxygen atoms in total. The number of rotatable bonds is 4. The number of carbonyl (C=O) groups is 1. The number of carbonyl (C=O) groups excluding carboxylic acids is 1. The van der Waals surface area contributed by atoms with E-state index in [0.29, 0.717) is 11.1 Å². The monoisotopic (exact) mass is 239 g/mol. The van der Waals surface area contributed by atoms with Gasteiger partial charge in [0.25, 0.3) is 0 Å². The summed E-state index contributed by atoms with van der Waals surface area (Å²) in [5.74, 6) is -0.489. The topological polar surface area (TPSA) is 70.1 Å². The number of ether oxygens (including phenoxy) is 1. The number of aromatic nitrogens is 2. The van der Waals surface area contributed by atoms with Gasteiger partial charge in [0.1, 0.15) is 0 Å². The smallest absolute Gasteiger partial charge is 0.360 e.